The predicted molar refractivity (Wildman–Crippen MR) is 143 cm³/mol. The Labute approximate surface area is 230 Å². The molecule has 2 atom stereocenters. The predicted octanol–water partition coefficient (Wildman–Crippen LogP) is 0.0841. The summed E-state index contributed by atoms with van der Waals surface area (Å²) in [4.78, 5) is 49.0. The number of carbonyl (C=O) groups excluding carboxylic acids is 2. The maximum Gasteiger partial charge on any atom is 0.352 e. The van der Waals surface area contributed by atoms with E-state index in [9.17, 15) is 19.5 Å². The van der Waals surface area contributed by atoms with Crippen molar-refractivity contribution in [1.29, 1.82) is 0 Å². The highest BCUT2D eigenvalue weighted by Crippen LogP contribution is 2.41. The highest BCUT2D eigenvalue weighted by Gasteiger charge is 2.54. The van der Waals surface area contributed by atoms with Crippen molar-refractivity contribution in [3.05, 3.63) is 46.9 Å². The van der Waals surface area contributed by atoms with E-state index in [2.05, 4.69) is 20.9 Å². The molecule has 0 spiro atoms. The molecule has 0 aliphatic carbocycles. The Morgan fingerprint density at radius 2 is 2.13 bits per heavy atom. The lowest BCUT2D eigenvalue weighted by atomic mass is 10.0. The molecule has 4 rings (SSSR count). The lowest BCUT2D eigenvalue weighted by molar-refractivity contribution is -0.650. The van der Waals surface area contributed by atoms with Crippen LogP contribution < -0.4 is 21.2 Å². The summed E-state index contributed by atoms with van der Waals surface area (Å²) >= 11 is 4.01. The number of pyridine rings is 1. The van der Waals surface area contributed by atoms with Gasteiger partial charge in [0.2, 0.25) is 12.4 Å². The van der Waals surface area contributed by atoms with Crippen molar-refractivity contribution in [2.45, 2.75) is 16.3 Å². The maximum absolute atomic E-state index is 13.0. The Hall–Kier alpha value is -3.34. The van der Waals surface area contributed by atoms with Gasteiger partial charge in [0.1, 0.15) is 29.9 Å². The molecule has 0 unspecified atom stereocenters. The number of anilines is 1. The molecule has 38 heavy (non-hydrogen) atoms. The molecule has 5 N–H and O–H groups in total. The van der Waals surface area contributed by atoms with Gasteiger partial charge < -0.3 is 25.7 Å². The average molecular weight is 581 g/mol. The molecule has 16 heteroatoms. The van der Waals surface area contributed by atoms with Crippen LogP contribution in [0.5, 0.6) is 0 Å². The van der Waals surface area contributed by atoms with Crippen LogP contribution in [-0.2, 0) is 24.0 Å². The van der Waals surface area contributed by atoms with E-state index in [1.54, 1.807) is 12.5 Å². The molecule has 0 bridgehead atoms. The fraction of sp³-hybridized carbons (Fsp3) is 0.364. The van der Waals surface area contributed by atoms with Gasteiger partial charge in [-0.05, 0) is 5.57 Å². The quantitative estimate of drug-likeness (QED) is 0.0669. The molecule has 0 aromatic carbocycles. The number of nitrogens with two attached hydrogens (primary N) is 1. The number of amides is 2. The van der Waals surface area contributed by atoms with Gasteiger partial charge in [-0.25, -0.2) is 9.78 Å². The second-order valence-electron chi connectivity index (χ2n) is 7.94. The third-order valence-corrected chi connectivity index (χ3v) is 8.62. The summed E-state index contributed by atoms with van der Waals surface area (Å²) in [5.74, 6) is -1.55. The van der Waals surface area contributed by atoms with E-state index < -0.39 is 29.2 Å². The van der Waals surface area contributed by atoms with Crippen molar-refractivity contribution >= 4 is 63.5 Å². The third kappa shape index (κ3) is 6.03. The number of β-lactam (4-membered cyclic amide) rings is 1. The number of methoxy groups -OCH3 is 1. The van der Waals surface area contributed by atoms with Crippen molar-refractivity contribution in [1.82, 2.24) is 15.2 Å². The van der Waals surface area contributed by atoms with Gasteiger partial charge in [-0.1, -0.05) is 9.83 Å². The van der Waals surface area contributed by atoms with Gasteiger partial charge in [-0.2, -0.15) is 5.43 Å². The minimum Gasteiger partial charge on any atom is -0.477 e. The molecule has 2 aromatic heterocycles. The zero-order valence-corrected chi connectivity index (χ0v) is 22.9. The van der Waals surface area contributed by atoms with Gasteiger partial charge >= 0.3 is 5.97 Å². The van der Waals surface area contributed by atoms with Crippen LogP contribution in [0.2, 0.25) is 0 Å². The van der Waals surface area contributed by atoms with Crippen LogP contribution in [0.25, 0.3) is 0 Å². The third-order valence-electron chi connectivity index (χ3n) is 5.51. The molecule has 0 radical (unpaired) electrons. The average Bonchev–Trinajstić information content (AvgIpc) is 3.34. The molecule has 0 saturated carbocycles. The smallest absolute Gasteiger partial charge is 0.352 e. The summed E-state index contributed by atoms with van der Waals surface area (Å²) in [6, 6.07) is 2.92. The number of oxime groups is 1. The second-order valence-corrected chi connectivity index (χ2v) is 11.0. The van der Waals surface area contributed by atoms with Gasteiger partial charge in [0.25, 0.3) is 11.8 Å². The minimum atomic E-state index is -1.18. The summed E-state index contributed by atoms with van der Waals surface area (Å²) in [6.45, 7) is 1.24. The van der Waals surface area contributed by atoms with E-state index in [1.165, 1.54) is 35.5 Å². The second kappa shape index (κ2) is 12.5. The Bertz CT molecular complexity index is 1270. The van der Waals surface area contributed by atoms with Crippen LogP contribution in [0.4, 0.5) is 5.13 Å². The molecule has 2 aromatic rings. The Morgan fingerprint density at radius 1 is 1.37 bits per heavy atom. The first-order valence-corrected chi connectivity index (χ1v) is 14.2. The first kappa shape index (κ1) is 27.7. The van der Waals surface area contributed by atoms with E-state index in [4.69, 9.17) is 15.3 Å². The van der Waals surface area contributed by atoms with Crippen LogP contribution in [0.3, 0.4) is 0 Å². The zero-order valence-electron chi connectivity index (χ0n) is 20.4. The van der Waals surface area contributed by atoms with Gasteiger partial charge in [0, 0.05) is 41.0 Å². The standard InChI is InChI=1S/C22H25N7O6S3/c1-34-8-5-24-28-6-3-13(4-7-28)36-9-12-10-37-20-16(19(31)29(20)17(12)21(32)33)26-18(30)15(27-35-2)14-11-38-22(23)25-14/h3-4,6-7,11,16,20,24H,5,8-10H2,1-2H3,(H3-,23,25,26,30,32,33)/p+1/b27-15-/t16-,20-/m1/s1. The molecular formula is C22H26N7O6S3+. The SMILES string of the molecule is COCCN[n+]1ccc(SCC2=C(C(=O)O)N3C(=O)[C@@H](NC(=O)/C(=N\OC)c4csc(N)n4)[C@H]3SC2)cc1. The summed E-state index contributed by atoms with van der Waals surface area (Å²) < 4.78 is 6.83. The van der Waals surface area contributed by atoms with Gasteiger partial charge in [-0.3, -0.25) is 14.5 Å². The number of fused-ring (bicyclic) bond motifs is 1. The molecule has 4 heterocycles. The minimum absolute atomic E-state index is 0.0398. The number of aromatic nitrogens is 2. The monoisotopic (exact) mass is 580 g/mol. The molecular weight excluding hydrogens is 554 g/mol. The van der Waals surface area contributed by atoms with E-state index in [-0.39, 0.29) is 22.2 Å². The molecule has 2 aliphatic rings. The number of nitrogens with zero attached hydrogens (tertiary/aromatic N) is 4. The van der Waals surface area contributed by atoms with Crippen LogP contribution >= 0.6 is 34.9 Å². The van der Waals surface area contributed by atoms with E-state index in [0.29, 0.717) is 30.2 Å². The van der Waals surface area contributed by atoms with Crippen LogP contribution in [0.15, 0.2) is 51.2 Å². The van der Waals surface area contributed by atoms with Crippen molar-refractivity contribution in [3.63, 3.8) is 0 Å². The van der Waals surface area contributed by atoms with Crippen molar-refractivity contribution in [2.24, 2.45) is 5.16 Å². The van der Waals surface area contributed by atoms with Gasteiger partial charge in [0.15, 0.2) is 10.8 Å². The first-order chi connectivity index (χ1) is 18.3. The first-order valence-electron chi connectivity index (χ1n) is 11.2. The molecule has 1 fully saturated rings. The van der Waals surface area contributed by atoms with Gasteiger partial charge in [0.05, 0.1) is 13.2 Å². The van der Waals surface area contributed by atoms with E-state index in [0.717, 1.165) is 16.2 Å². The topological polar surface area (TPSA) is 172 Å². The van der Waals surface area contributed by atoms with Crippen LogP contribution in [-0.4, -0.2) is 88.8 Å². The summed E-state index contributed by atoms with van der Waals surface area (Å²) in [6.07, 6.45) is 3.73. The number of carbonyl (C=O) groups is 3. The number of aliphatic carboxylic acids is 1. The number of nitrogens with one attached hydrogen (secondary N) is 2. The molecule has 2 aliphatic heterocycles. The summed E-state index contributed by atoms with van der Waals surface area (Å²) in [5.41, 5.74) is 9.50. The number of ether oxygens (including phenoxy) is 1. The number of rotatable bonds is 12. The van der Waals surface area contributed by atoms with Crippen molar-refractivity contribution < 1.29 is 33.7 Å². The van der Waals surface area contributed by atoms with Gasteiger partial charge in [-0.15, -0.1) is 34.9 Å². The highest BCUT2D eigenvalue weighted by atomic mass is 32.2. The number of nitrogen functional groups attached to an aromatic ring is 1. The number of carboxylic acid groups (broad SMARTS) is 1. The summed E-state index contributed by atoms with van der Waals surface area (Å²) in [5, 5.41) is 17.5. The lowest BCUT2D eigenvalue weighted by Gasteiger charge is -2.49. The Morgan fingerprint density at radius 3 is 2.76 bits per heavy atom. The number of carboxylic acids is 1. The molecule has 13 nitrogen and oxygen atoms in total. The zero-order chi connectivity index (χ0) is 27.2. The van der Waals surface area contributed by atoms with E-state index in [1.807, 2.05) is 29.2 Å². The number of thioether (sulfide) groups is 2. The van der Waals surface area contributed by atoms with E-state index >= 15 is 0 Å². The largest absolute Gasteiger partial charge is 0.477 e. The molecule has 2 amide bonds. The normalized spacial score (nSPS) is 19.1. The molecule has 202 valence electrons. The van der Waals surface area contributed by atoms with Crippen LogP contribution in [0.1, 0.15) is 5.69 Å². The van der Waals surface area contributed by atoms with Crippen molar-refractivity contribution in [2.75, 3.05) is 50.0 Å². The molecule has 1 saturated heterocycles. The number of hydrogen-bond acceptors (Lipinski definition) is 12. The highest BCUT2D eigenvalue weighted by molar-refractivity contribution is 8.01. The number of thiazole rings is 1. The fourth-order valence-electron chi connectivity index (χ4n) is 3.76. The van der Waals surface area contributed by atoms with Crippen molar-refractivity contribution in [3.8, 4) is 0 Å². The Balaban J connectivity index is 1.42. The maximum atomic E-state index is 13.0. The Kier molecular flexibility index (Phi) is 9.09. The van der Waals surface area contributed by atoms with Crippen LogP contribution in [0, 0.1) is 0 Å². The fourth-order valence-corrected chi connectivity index (χ4v) is 6.67. The summed E-state index contributed by atoms with van der Waals surface area (Å²) in [7, 11) is 2.92. The number of hydrogen-bond donors (Lipinski definition) is 4. The lowest BCUT2D eigenvalue weighted by Crippen LogP contribution is -2.71.